The van der Waals surface area contributed by atoms with Gasteiger partial charge in [-0.25, -0.2) is 4.68 Å². The Morgan fingerprint density at radius 3 is 2.52 bits per heavy atom. The van der Waals surface area contributed by atoms with Gasteiger partial charge in [-0.1, -0.05) is 26.2 Å². The summed E-state index contributed by atoms with van der Waals surface area (Å²) in [5.41, 5.74) is 0. The summed E-state index contributed by atoms with van der Waals surface area (Å²) in [6.07, 6.45) is 7.43. The van der Waals surface area contributed by atoms with Gasteiger partial charge >= 0.3 is 0 Å². The van der Waals surface area contributed by atoms with E-state index >= 15 is 0 Å². The van der Waals surface area contributed by atoms with Crippen LogP contribution in [-0.2, 0) is 0 Å². The molecule has 1 atom stereocenters. The van der Waals surface area contributed by atoms with Gasteiger partial charge in [-0.15, -0.1) is 5.10 Å². The number of hydrogen-bond donors (Lipinski definition) is 0. The second kappa shape index (κ2) is 6.83. The van der Waals surface area contributed by atoms with E-state index in [9.17, 15) is 0 Å². The largest absolute Gasteiger partial charge is 0.304 e. The zero-order valence-corrected chi connectivity index (χ0v) is 13.4. The van der Waals surface area contributed by atoms with Crippen molar-refractivity contribution in [2.75, 3.05) is 33.2 Å². The van der Waals surface area contributed by atoms with Crippen molar-refractivity contribution >= 4 is 0 Å². The monoisotopic (exact) mass is 292 g/mol. The first-order valence-corrected chi connectivity index (χ1v) is 8.50. The molecule has 1 saturated heterocycles. The SMILES string of the molecule is CCCC(c1nnnn1C1CCCC1)N1CCN(C)CC1. The summed E-state index contributed by atoms with van der Waals surface area (Å²) in [5, 5.41) is 12.8. The molecule has 0 bridgehead atoms. The standard InChI is InChI=1S/C15H28N6/c1-3-6-14(20-11-9-19(2)10-12-20)15-16-17-18-21(15)13-7-4-5-8-13/h13-14H,3-12H2,1-2H3. The second-order valence-electron chi connectivity index (χ2n) is 6.56. The maximum atomic E-state index is 4.42. The Bertz CT molecular complexity index is 431. The van der Waals surface area contributed by atoms with Crippen LogP contribution in [0.15, 0.2) is 0 Å². The van der Waals surface area contributed by atoms with Gasteiger partial charge < -0.3 is 4.90 Å². The lowest BCUT2D eigenvalue weighted by Gasteiger charge is -2.37. The molecule has 6 nitrogen and oxygen atoms in total. The number of piperazine rings is 1. The molecule has 118 valence electrons. The molecule has 3 rings (SSSR count). The Labute approximate surface area is 127 Å². The van der Waals surface area contributed by atoms with E-state index in [1.807, 2.05) is 0 Å². The van der Waals surface area contributed by atoms with Gasteiger partial charge in [0.1, 0.15) is 0 Å². The van der Waals surface area contributed by atoms with E-state index < -0.39 is 0 Å². The molecule has 2 aliphatic rings. The fourth-order valence-electron chi connectivity index (χ4n) is 3.71. The van der Waals surface area contributed by atoms with Crippen molar-refractivity contribution in [2.24, 2.45) is 0 Å². The zero-order valence-electron chi connectivity index (χ0n) is 13.4. The van der Waals surface area contributed by atoms with Gasteiger partial charge in [0.2, 0.25) is 0 Å². The number of hydrogen-bond acceptors (Lipinski definition) is 5. The first-order chi connectivity index (χ1) is 10.3. The van der Waals surface area contributed by atoms with E-state index in [4.69, 9.17) is 0 Å². The van der Waals surface area contributed by atoms with Gasteiger partial charge in [0, 0.05) is 26.2 Å². The molecule has 0 spiro atoms. The van der Waals surface area contributed by atoms with Crippen molar-refractivity contribution in [2.45, 2.75) is 57.5 Å². The summed E-state index contributed by atoms with van der Waals surface area (Å²) in [6.45, 7) is 6.79. The Morgan fingerprint density at radius 1 is 1.14 bits per heavy atom. The molecule has 0 radical (unpaired) electrons. The molecule has 0 N–H and O–H groups in total. The molecule has 1 aliphatic carbocycles. The van der Waals surface area contributed by atoms with Gasteiger partial charge in [-0.3, -0.25) is 4.90 Å². The van der Waals surface area contributed by atoms with Gasteiger partial charge in [-0.2, -0.15) is 0 Å². The summed E-state index contributed by atoms with van der Waals surface area (Å²) in [5.74, 6) is 1.10. The maximum absolute atomic E-state index is 4.42. The molecule has 1 unspecified atom stereocenters. The van der Waals surface area contributed by atoms with Gasteiger partial charge in [0.05, 0.1) is 12.1 Å². The van der Waals surface area contributed by atoms with Crippen molar-refractivity contribution in [3.05, 3.63) is 5.82 Å². The molecular weight excluding hydrogens is 264 g/mol. The lowest BCUT2D eigenvalue weighted by atomic mass is 10.1. The van der Waals surface area contributed by atoms with Crippen LogP contribution in [0.1, 0.15) is 63.4 Å². The van der Waals surface area contributed by atoms with E-state index in [0.717, 1.165) is 38.4 Å². The van der Waals surface area contributed by atoms with Crippen LogP contribution in [0, 0.1) is 0 Å². The average molecular weight is 292 g/mol. The van der Waals surface area contributed by atoms with E-state index in [2.05, 4.69) is 44.0 Å². The van der Waals surface area contributed by atoms with E-state index in [1.165, 1.54) is 32.1 Å². The minimum Gasteiger partial charge on any atom is -0.304 e. The lowest BCUT2D eigenvalue weighted by Crippen LogP contribution is -2.46. The number of nitrogens with zero attached hydrogens (tertiary/aromatic N) is 6. The summed E-state index contributed by atoms with van der Waals surface area (Å²) in [7, 11) is 2.20. The molecule has 2 heterocycles. The minimum atomic E-state index is 0.388. The molecule has 0 aromatic carbocycles. The number of rotatable bonds is 5. The lowest BCUT2D eigenvalue weighted by molar-refractivity contribution is 0.0983. The molecule has 1 aliphatic heterocycles. The molecule has 2 fully saturated rings. The van der Waals surface area contributed by atoms with Crippen LogP contribution in [0.2, 0.25) is 0 Å². The normalized spacial score (nSPS) is 23.7. The van der Waals surface area contributed by atoms with E-state index in [-0.39, 0.29) is 0 Å². The van der Waals surface area contributed by atoms with Crippen molar-refractivity contribution in [3.63, 3.8) is 0 Å². The molecule has 0 amide bonds. The van der Waals surface area contributed by atoms with Crippen LogP contribution in [0.3, 0.4) is 0 Å². The summed E-state index contributed by atoms with van der Waals surface area (Å²) < 4.78 is 2.14. The highest BCUT2D eigenvalue weighted by Crippen LogP contribution is 2.33. The molecule has 1 saturated carbocycles. The highest BCUT2D eigenvalue weighted by atomic mass is 15.6. The summed E-state index contributed by atoms with van der Waals surface area (Å²) in [6, 6.07) is 0.918. The van der Waals surface area contributed by atoms with Crippen molar-refractivity contribution in [1.82, 2.24) is 30.0 Å². The van der Waals surface area contributed by atoms with Crippen molar-refractivity contribution in [1.29, 1.82) is 0 Å². The Kier molecular flexibility index (Phi) is 4.85. The molecular formula is C15H28N6. The van der Waals surface area contributed by atoms with Crippen LogP contribution < -0.4 is 0 Å². The maximum Gasteiger partial charge on any atom is 0.168 e. The molecule has 1 aromatic rings. The van der Waals surface area contributed by atoms with Crippen LogP contribution in [-0.4, -0.2) is 63.2 Å². The van der Waals surface area contributed by atoms with Crippen LogP contribution in [0.4, 0.5) is 0 Å². The van der Waals surface area contributed by atoms with Crippen molar-refractivity contribution in [3.8, 4) is 0 Å². The van der Waals surface area contributed by atoms with Gasteiger partial charge in [-0.05, 0) is 36.7 Å². The molecule has 1 aromatic heterocycles. The minimum absolute atomic E-state index is 0.388. The van der Waals surface area contributed by atoms with Gasteiger partial charge in [0.15, 0.2) is 5.82 Å². The quantitative estimate of drug-likeness (QED) is 0.829. The fraction of sp³-hybridized carbons (Fsp3) is 0.933. The fourth-order valence-corrected chi connectivity index (χ4v) is 3.71. The molecule has 6 heteroatoms. The highest BCUT2D eigenvalue weighted by molar-refractivity contribution is 4.97. The Morgan fingerprint density at radius 2 is 1.86 bits per heavy atom. The smallest absolute Gasteiger partial charge is 0.168 e. The Balaban J connectivity index is 1.78. The first kappa shape index (κ1) is 14.9. The third-order valence-electron chi connectivity index (χ3n) is 5.03. The van der Waals surface area contributed by atoms with E-state index in [0.29, 0.717) is 12.1 Å². The molecule has 21 heavy (non-hydrogen) atoms. The van der Waals surface area contributed by atoms with E-state index in [1.54, 1.807) is 0 Å². The van der Waals surface area contributed by atoms with Crippen molar-refractivity contribution < 1.29 is 0 Å². The highest BCUT2D eigenvalue weighted by Gasteiger charge is 2.30. The predicted molar refractivity (Wildman–Crippen MR) is 82.0 cm³/mol. The third kappa shape index (κ3) is 3.26. The second-order valence-corrected chi connectivity index (χ2v) is 6.56. The van der Waals surface area contributed by atoms with Crippen LogP contribution in [0.25, 0.3) is 0 Å². The third-order valence-corrected chi connectivity index (χ3v) is 5.03. The zero-order chi connectivity index (χ0) is 14.7. The first-order valence-electron chi connectivity index (χ1n) is 8.50. The number of tetrazole rings is 1. The average Bonchev–Trinajstić information content (AvgIpc) is 3.16. The van der Waals surface area contributed by atoms with Crippen LogP contribution >= 0.6 is 0 Å². The number of likely N-dealkylation sites (N-methyl/N-ethyl adjacent to an activating group) is 1. The predicted octanol–water partition coefficient (Wildman–Crippen LogP) is 1.88. The number of aromatic nitrogens is 4. The van der Waals surface area contributed by atoms with Crippen LogP contribution in [0.5, 0.6) is 0 Å². The summed E-state index contributed by atoms with van der Waals surface area (Å²) >= 11 is 0. The summed E-state index contributed by atoms with van der Waals surface area (Å²) in [4.78, 5) is 4.99. The Hall–Kier alpha value is -1.01. The topological polar surface area (TPSA) is 50.1 Å². The van der Waals surface area contributed by atoms with Gasteiger partial charge in [0.25, 0.3) is 0 Å².